The molecule has 67 heavy (non-hydrogen) atoms. The molecule has 0 heterocycles. The summed E-state index contributed by atoms with van der Waals surface area (Å²) in [5, 5.41) is 0. The Balaban J connectivity index is 1.21. The van der Waals surface area contributed by atoms with E-state index >= 15 is 0 Å². The summed E-state index contributed by atoms with van der Waals surface area (Å²) in [7, 11) is 0. The molecule has 9 rings (SSSR count). The number of allylic oxidation sites excluding steroid dienone is 4. The first-order valence-corrected chi connectivity index (χ1v) is 27.7. The van der Waals surface area contributed by atoms with Crippen molar-refractivity contribution in [2.75, 3.05) is 4.90 Å². The Bertz CT molecular complexity index is 2540. The monoisotopic (exact) mass is 890 g/mol. The molecule has 4 aliphatic carbocycles. The highest BCUT2D eigenvalue weighted by Crippen LogP contribution is 2.59. The van der Waals surface area contributed by atoms with Crippen LogP contribution < -0.4 is 4.90 Å². The summed E-state index contributed by atoms with van der Waals surface area (Å²) in [6.07, 6.45) is 33.2. The van der Waals surface area contributed by atoms with E-state index in [1.807, 2.05) is 0 Å². The Hall–Kier alpha value is -4.62. The molecule has 1 nitrogen and oxygen atoms in total. The lowest BCUT2D eigenvalue weighted by Gasteiger charge is -2.36. The number of hydrogen-bond acceptors (Lipinski definition) is 1. The Kier molecular flexibility index (Phi) is 15.1. The molecule has 0 bridgehead atoms. The highest BCUT2D eigenvalue weighted by Gasteiger charge is 2.45. The predicted molar refractivity (Wildman–Crippen MR) is 292 cm³/mol. The third-order valence-electron chi connectivity index (χ3n) is 17.0. The lowest BCUT2D eigenvalue weighted by molar-refractivity contribution is 0.397. The number of unbranched alkanes of at least 4 members (excludes halogenated alkanes) is 12. The summed E-state index contributed by atoms with van der Waals surface area (Å²) in [5.41, 5.74) is 25.2. The van der Waals surface area contributed by atoms with Crippen molar-refractivity contribution in [3.05, 3.63) is 153 Å². The maximum absolute atomic E-state index is 2.70. The highest BCUT2D eigenvalue weighted by atomic mass is 15.1. The van der Waals surface area contributed by atoms with Crippen LogP contribution >= 0.6 is 0 Å². The summed E-state index contributed by atoms with van der Waals surface area (Å²) in [6.45, 7) is 14.1. The van der Waals surface area contributed by atoms with Crippen molar-refractivity contribution in [1.82, 2.24) is 0 Å². The molecule has 5 aromatic carbocycles. The summed E-state index contributed by atoms with van der Waals surface area (Å²) >= 11 is 0. The van der Waals surface area contributed by atoms with Crippen molar-refractivity contribution in [1.29, 1.82) is 0 Å². The van der Waals surface area contributed by atoms with Gasteiger partial charge in [-0.15, -0.1) is 0 Å². The minimum Gasteiger partial charge on any atom is -0.310 e. The number of rotatable bonds is 24. The standard InChI is InChI=1S/C66H83N/c1-7-11-15-19-39-65(40-20-16-12-8-2)61-43-48(5)23-35-57(61)59-37-33-55(46-63(59)65)67(54-31-29-51(30-32-54)53-28-26-50-25-27-52(50)45-53)56-34-38-60-58-36-24-49(6)44-62(58)66(64(60)47-56,41-21-17-13-9-3)42-22-18-14-10-4/h23,26,28-35,37-38,43-47H,7-22,24-25,27,36,39-42H2,1-6H3. The van der Waals surface area contributed by atoms with E-state index in [0.717, 1.165) is 0 Å². The van der Waals surface area contributed by atoms with E-state index in [1.165, 1.54) is 210 Å². The van der Waals surface area contributed by atoms with Gasteiger partial charge in [-0.25, -0.2) is 0 Å². The van der Waals surface area contributed by atoms with Crippen LogP contribution in [0.1, 0.15) is 215 Å². The third-order valence-corrected chi connectivity index (χ3v) is 17.0. The van der Waals surface area contributed by atoms with Gasteiger partial charge >= 0.3 is 0 Å². The Morgan fingerprint density at radius 3 is 1.45 bits per heavy atom. The molecule has 352 valence electrons. The van der Waals surface area contributed by atoms with Gasteiger partial charge in [-0.1, -0.05) is 208 Å². The summed E-state index contributed by atoms with van der Waals surface area (Å²) < 4.78 is 0. The Morgan fingerprint density at radius 1 is 0.403 bits per heavy atom. The first-order valence-electron chi connectivity index (χ1n) is 27.7. The highest BCUT2D eigenvalue weighted by molar-refractivity contribution is 5.89. The number of aryl methyl sites for hydroxylation is 3. The first kappa shape index (κ1) is 47.4. The summed E-state index contributed by atoms with van der Waals surface area (Å²) in [6, 6.07) is 39.6. The maximum atomic E-state index is 2.70. The Morgan fingerprint density at radius 2 is 0.896 bits per heavy atom. The van der Waals surface area contributed by atoms with E-state index in [4.69, 9.17) is 0 Å². The normalized spacial score (nSPS) is 15.9. The first-order chi connectivity index (χ1) is 32.8. The molecule has 1 heteroatoms. The minimum absolute atomic E-state index is 0.0236. The van der Waals surface area contributed by atoms with Crippen molar-refractivity contribution < 1.29 is 0 Å². The van der Waals surface area contributed by atoms with Gasteiger partial charge in [0.15, 0.2) is 0 Å². The number of anilines is 3. The number of hydrogen-bond donors (Lipinski definition) is 0. The lowest BCUT2D eigenvalue weighted by atomic mass is 9.68. The third kappa shape index (κ3) is 9.44. The maximum Gasteiger partial charge on any atom is 0.0465 e. The molecule has 0 unspecified atom stereocenters. The van der Waals surface area contributed by atoms with E-state index in [-0.39, 0.29) is 10.8 Å². The van der Waals surface area contributed by atoms with E-state index in [0.29, 0.717) is 0 Å². The average molecular weight is 890 g/mol. The van der Waals surface area contributed by atoms with E-state index < -0.39 is 0 Å². The second-order valence-corrected chi connectivity index (χ2v) is 21.7. The molecule has 5 aromatic rings. The van der Waals surface area contributed by atoms with Gasteiger partial charge in [0, 0.05) is 27.9 Å². The summed E-state index contributed by atoms with van der Waals surface area (Å²) in [4.78, 5) is 2.66. The second-order valence-electron chi connectivity index (χ2n) is 21.7. The van der Waals surface area contributed by atoms with E-state index in [9.17, 15) is 0 Å². The van der Waals surface area contributed by atoms with E-state index in [2.05, 4.69) is 150 Å². The second kappa shape index (κ2) is 21.3. The molecule has 0 radical (unpaired) electrons. The molecule has 0 N–H and O–H groups in total. The van der Waals surface area contributed by atoms with Crippen molar-refractivity contribution in [2.45, 2.75) is 206 Å². The summed E-state index contributed by atoms with van der Waals surface area (Å²) in [5.74, 6) is 0. The molecule has 0 fully saturated rings. The number of nitrogens with zero attached hydrogens (tertiary/aromatic N) is 1. The van der Waals surface area contributed by atoms with Gasteiger partial charge in [-0.05, 0) is 168 Å². The van der Waals surface area contributed by atoms with Crippen molar-refractivity contribution in [2.24, 2.45) is 0 Å². The zero-order chi connectivity index (χ0) is 46.4. The van der Waals surface area contributed by atoms with Gasteiger partial charge in [-0.3, -0.25) is 0 Å². The zero-order valence-corrected chi connectivity index (χ0v) is 42.7. The fraction of sp³-hybridized carbons (Fsp3) is 0.485. The van der Waals surface area contributed by atoms with E-state index in [1.54, 1.807) is 39.0 Å². The van der Waals surface area contributed by atoms with Crippen LogP contribution in [-0.4, -0.2) is 0 Å². The van der Waals surface area contributed by atoms with Crippen LogP contribution in [0.5, 0.6) is 0 Å². The van der Waals surface area contributed by atoms with Crippen molar-refractivity contribution in [3.63, 3.8) is 0 Å². The van der Waals surface area contributed by atoms with Crippen molar-refractivity contribution >= 4 is 22.6 Å². The van der Waals surface area contributed by atoms with Crippen LogP contribution in [0.25, 0.3) is 27.8 Å². The molecule has 0 amide bonds. The molecule has 0 saturated heterocycles. The molecule has 0 spiro atoms. The fourth-order valence-corrected chi connectivity index (χ4v) is 13.1. The van der Waals surface area contributed by atoms with Crippen LogP contribution in [-0.2, 0) is 23.7 Å². The van der Waals surface area contributed by atoms with Crippen LogP contribution in [0, 0.1) is 6.92 Å². The average Bonchev–Trinajstić information content (AvgIpc) is 3.75. The van der Waals surface area contributed by atoms with Crippen LogP contribution in [0.4, 0.5) is 17.1 Å². The number of benzene rings is 5. The molecule has 4 aliphatic rings. The predicted octanol–water partition coefficient (Wildman–Crippen LogP) is 20.1. The quantitative estimate of drug-likeness (QED) is 0.0558. The lowest BCUT2D eigenvalue weighted by Crippen LogP contribution is -2.27. The van der Waals surface area contributed by atoms with Crippen LogP contribution in [0.3, 0.4) is 0 Å². The molecule has 0 aromatic heterocycles. The van der Waals surface area contributed by atoms with Crippen LogP contribution in [0.15, 0.2) is 114 Å². The van der Waals surface area contributed by atoms with Gasteiger partial charge in [-0.2, -0.15) is 0 Å². The molecule has 0 aliphatic heterocycles. The SMILES string of the molecule is CCCCCCC1(CCCCCC)C2=C(CCC(C)=C2)c2ccc(N(c3ccc(-c4ccc5c(c4)CC5)cc3)c3ccc4c(c3)C(CCCCCC)(CCCCCC)c3cc(C)ccc3-4)cc21. The van der Waals surface area contributed by atoms with Gasteiger partial charge in [0.1, 0.15) is 0 Å². The van der Waals surface area contributed by atoms with Gasteiger partial charge < -0.3 is 4.90 Å². The Labute approximate surface area is 407 Å². The van der Waals surface area contributed by atoms with Gasteiger partial charge in [0.2, 0.25) is 0 Å². The molecular weight excluding hydrogens is 807 g/mol. The molecular formula is C66H83N. The van der Waals surface area contributed by atoms with Crippen molar-refractivity contribution in [3.8, 4) is 22.3 Å². The topological polar surface area (TPSA) is 3.24 Å². The fourth-order valence-electron chi connectivity index (χ4n) is 13.1. The molecule has 0 atom stereocenters. The van der Waals surface area contributed by atoms with Crippen LogP contribution in [0.2, 0.25) is 0 Å². The van der Waals surface area contributed by atoms with Gasteiger partial charge in [0.05, 0.1) is 0 Å². The van der Waals surface area contributed by atoms with Gasteiger partial charge in [0.25, 0.3) is 0 Å². The zero-order valence-electron chi connectivity index (χ0n) is 42.7. The smallest absolute Gasteiger partial charge is 0.0465 e. The largest absolute Gasteiger partial charge is 0.310 e. The number of fused-ring (bicyclic) bond motifs is 6. The molecule has 0 saturated carbocycles. The minimum atomic E-state index is 0.0236.